The van der Waals surface area contributed by atoms with Gasteiger partial charge >= 0.3 is 11.9 Å². The van der Waals surface area contributed by atoms with Gasteiger partial charge in [-0.1, -0.05) is 35.9 Å². The number of aromatic nitrogens is 2. The molecule has 0 spiro atoms. The minimum atomic E-state index is -0.817. The van der Waals surface area contributed by atoms with Gasteiger partial charge in [-0.25, -0.2) is 9.48 Å². The summed E-state index contributed by atoms with van der Waals surface area (Å²) in [6, 6.07) is 15.3. The van der Waals surface area contributed by atoms with Gasteiger partial charge < -0.3 is 9.47 Å². The molecule has 3 unspecified atom stereocenters. The number of nitrogens with zero attached hydrogens (tertiary/aromatic N) is 3. The number of carbonyl (C=O) groups excluding carboxylic acids is 2. The number of aliphatic imine (C=N–C) groups is 1. The van der Waals surface area contributed by atoms with Crippen LogP contribution < -0.4 is 0 Å². The van der Waals surface area contributed by atoms with Crippen molar-refractivity contribution in [2.75, 3.05) is 0 Å². The molecule has 2 bridgehead atoms. The van der Waals surface area contributed by atoms with Crippen LogP contribution >= 0.6 is 11.6 Å². The number of hydrogen-bond donors (Lipinski definition) is 0. The van der Waals surface area contributed by atoms with Gasteiger partial charge in [-0.15, -0.1) is 0 Å². The van der Waals surface area contributed by atoms with E-state index in [4.69, 9.17) is 26.2 Å². The molecule has 8 heteroatoms. The Morgan fingerprint density at radius 3 is 2.54 bits per heavy atom. The molecule has 0 amide bonds. The summed E-state index contributed by atoms with van der Waals surface area (Å²) >= 11 is 6.51. The summed E-state index contributed by atoms with van der Waals surface area (Å²) in [6.45, 7) is 8.93. The molecule has 0 fully saturated rings. The third-order valence-corrected chi connectivity index (χ3v) is 7.09. The van der Waals surface area contributed by atoms with Crippen molar-refractivity contribution in [2.24, 2.45) is 10.9 Å². The number of fused-ring (bicyclic) bond motifs is 6. The number of allylic oxidation sites excluding steroid dienone is 1. The smallest absolute Gasteiger partial charge is 0.337 e. The largest absolute Gasteiger partial charge is 0.462 e. The third kappa shape index (κ3) is 4.48. The summed E-state index contributed by atoms with van der Waals surface area (Å²) in [5.74, 6) is -2.51. The summed E-state index contributed by atoms with van der Waals surface area (Å²) in [5, 5.41) is 5.44. The number of hydrogen-bond acceptors (Lipinski definition) is 6. The SMILES string of the molecule is CC1=NC(C)=C2C(=O)OC(C)c3cc(ccc3Cl)-c3nn(-c4ccccc4)cc3C2C1C(=O)OC(C)C. The molecule has 0 aliphatic carbocycles. The van der Waals surface area contributed by atoms with Crippen LogP contribution in [-0.2, 0) is 19.1 Å². The van der Waals surface area contributed by atoms with Crippen LogP contribution in [0.2, 0.25) is 5.02 Å². The van der Waals surface area contributed by atoms with E-state index in [0.717, 1.165) is 11.3 Å². The maximum absolute atomic E-state index is 13.7. The fourth-order valence-corrected chi connectivity index (χ4v) is 5.36. The lowest BCUT2D eigenvalue weighted by Crippen LogP contribution is -2.37. The molecule has 190 valence electrons. The quantitative estimate of drug-likeness (QED) is 0.386. The number of cyclic esters (lactones) is 1. The van der Waals surface area contributed by atoms with Gasteiger partial charge in [0.15, 0.2) is 0 Å². The molecule has 0 saturated heterocycles. The van der Waals surface area contributed by atoms with Gasteiger partial charge in [0.05, 0.1) is 23.1 Å². The molecule has 0 radical (unpaired) electrons. The first-order chi connectivity index (χ1) is 17.7. The summed E-state index contributed by atoms with van der Waals surface area (Å²) in [4.78, 5) is 31.8. The zero-order chi connectivity index (χ0) is 26.4. The van der Waals surface area contributed by atoms with Crippen molar-refractivity contribution in [3.63, 3.8) is 0 Å². The van der Waals surface area contributed by atoms with Crippen molar-refractivity contribution in [1.82, 2.24) is 9.78 Å². The average molecular weight is 518 g/mol. The van der Waals surface area contributed by atoms with E-state index in [-0.39, 0.29) is 6.10 Å². The zero-order valence-corrected chi connectivity index (χ0v) is 22.1. The first-order valence-electron chi connectivity index (χ1n) is 12.3. The highest BCUT2D eigenvalue weighted by Crippen LogP contribution is 2.46. The van der Waals surface area contributed by atoms with Gasteiger partial charge in [0.1, 0.15) is 12.0 Å². The minimum Gasteiger partial charge on any atom is -0.462 e. The summed E-state index contributed by atoms with van der Waals surface area (Å²) in [6.07, 6.45) is 0.933. The Hall–Kier alpha value is -3.71. The molecule has 3 atom stereocenters. The lowest BCUT2D eigenvalue weighted by Gasteiger charge is -2.33. The standard InChI is InChI=1S/C29H28ClN3O4/c1-15(2)36-28(34)24-16(3)31-17(4)25-26(24)22-14-33(20-9-7-6-8-10-20)32-27(22)19-11-12-23(30)21(13-19)18(5)37-29(25)35/h6-15,18,24,26H,1-5H3. The number of carbonyl (C=O) groups is 2. The molecular formula is C29H28ClN3O4. The fourth-order valence-electron chi connectivity index (χ4n) is 5.09. The summed E-state index contributed by atoms with van der Waals surface area (Å²) < 4.78 is 13.3. The van der Waals surface area contributed by atoms with Crippen LogP contribution in [0.25, 0.3) is 16.9 Å². The molecular weight excluding hydrogens is 490 g/mol. The van der Waals surface area contributed by atoms with Crippen molar-refractivity contribution < 1.29 is 19.1 Å². The topological polar surface area (TPSA) is 82.8 Å². The molecule has 2 aromatic carbocycles. The van der Waals surface area contributed by atoms with E-state index in [1.54, 1.807) is 45.4 Å². The second kappa shape index (κ2) is 9.63. The fraction of sp³-hybridized carbons (Fsp3) is 0.310. The zero-order valence-electron chi connectivity index (χ0n) is 21.4. The highest BCUT2D eigenvalue weighted by molar-refractivity contribution is 6.31. The second-order valence-corrected chi connectivity index (χ2v) is 10.1. The first kappa shape index (κ1) is 25.0. The van der Waals surface area contributed by atoms with Crippen LogP contribution in [0, 0.1) is 5.92 Å². The van der Waals surface area contributed by atoms with Crippen molar-refractivity contribution in [1.29, 1.82) is 0 Å². The van der Waals surface area contributed by atoms with Crippen LogP contribution in [-0.4, -0.2) is 33.5 Å². The van der Waals surface area contributed by atoms with Crippen LogP contribution in [0.5, 0.6) is 0 Å². The molecule has 0 saturated carbocycles. The van der Waals surface area contributed by atoms with Crippen molar-refractivity contribution in [3.05, 3.63) is 82.1 Å². The second-order valence-electron chi connectivity index (χ2n) is 9.69. The van der Waals surface area contributed by atoms with E-state index in [1.807, 2.05) is 48.7 Å². The van der Waals surface area contributed by atoms with Crippen molar-refractivity contribution >= 4 is 29.3 Å². The molecule has 5 rings (SSSR count). The van der Waals surface area contributed by atoms with E-state index in [2.05, 4.69) is 4.99 Å². The monoisotopic (exact) mass is 517 g/mol. The number of halogens is 1. The number of benzene rings is 2. The van der Waals surface area contributed by atoms with Gasteiger partial charge in [0, 0.05) is 45.2 Å². The minimum absolute atomic E-state index is 0.318. The first-order valence-corrected chi connectivity index (χ1v) is 12.7. The molecule has 3 heterocycles. The van der Waals surface area contributed by atoms with Crippen LogP contribution in [0.15, 0.2) is 71.0 Å². The Kier molecular flexibility index (Phi) is 6.50. The van der Waals surface area contributed by atoms with E-state index in [1.165, 1.54) is 0 Å². The molecule has 2 aliphatic heterocycles. The molecule has 2 aliphatic rings. The van der Waals surface area contributed by atoms with Gasteiger partial charge in [-0.2, -0.15) is 5.10 Å². The highest BCUT2D eigenvalue weighted by atomic mass is 35.5. The molecule has 0 N–H and O–H groups in total. The normalized spacial score (nSPS) is 21.1. The Labute approximate surface area is 220 Å². The summed E-state index contributed by atoms with van der Waals surface area (Å²) in [5.41, 5.74) is 5.08. The lowest BCUT2D eigenvalue weighted by atomic mass is 9.75. The predicted molar refractivity (Wildman–Crippen MR) is 142 cm³/mol. The Morgan fingerprint density at radius 1 is 1.11 bits per heavy atom. The maximum atomic E-state index is 13.7. The maximum Gasteiger partial charge on any atom is 0.337 e. The van der Waals surface area contributed by atoms with Crippen LogP contribution in [0.4, 0.5) is 0 Å². The molecule has 3 aromatic rings. The van der Waals surface area contributed by atoms with Gasteiger partial charge in [0.25, 0.3) is 0 Å². The summed E-state index contributed by atoms with van der Waals surface area (Å²) in [7, 11) is 0. The number of ether oxygens (including phenoxy) is 2. The van der Waals surface area contributed by atoms with Crippen molar-refractivity contribution in [2.45, 2.75) is 52.7 Å². The Bertz CT molecular complexity index is 1460. The number of para-hydroxylation sites is 1. The van der Waals surface area contributed by atoms with E-state index in [9.17, 15) is 9.59 Å². The number of esters is 2. The van der Waals surface area contributed by atoms with Gasteiger partial charge in [-0.05, 0) is 58.9 Å². The van der Waals surface area contributed by atoms with Crippen LogP contribution in [0.3, 0.4) is 0 Å². The van der Waals surface area contributed by atoms with Crippen LogP contribution in [0.1, 0.15) is 57.8 Å². The number of rotatable bonds is 3. The van der Waals surface area contributed by atoms with E-state index in [0.29, 0.717) is 38.8 Å². The molecule has 1 aromatic heterocycles. The highest BCUT2D eigenvalue weighted by Gasteiger charge is 2.45. The third-order valence-electron chi connectivity index (χ3n) is 6.74. The Morgan fingerprint density at radius 2 is 1.84 bits per heavy atom. The molecule has 37 heavy (non-hydrogen) atoms. The Balaban J connectivity index is 1.82. The molecule has 7 nitrogen and oxygen atoms in total. The average Bonchev–Trinajstić information content (AvgIpc) is 3.28. The lowest BCUT2D eigenvalue weighted by molar-refractivity contribution is -0.150. The van der Waals surface area contributed by atoms with Crippen molar-refractivity contribution in [3.8, 4) is 16.9 Å². The van der Waals surface area contributed by atoms with E-state index < -0.39 is 29.9 Å². The van der Waals surface area contributed by atoms with E-state index >= 15 is 0 Å². The predicted octanol–water partition coefficient (Wildman–Crippen LogP) is 6.21. The van der Waals surface area contributed by atoms with Gasteiger partial charge in [-0.3, -0.25) is 9.79 Å². The van der Waals surface area contributed by atoms with Gasteiger partial charge in [0.2, 0.25) is 0 Å².